The number of carboxylic acids is 1. The highest BCUT2D eigenvalue weighted by Crippen LogP contribution is 2.22. The molecule has 0 aliphatic carbocycles. The van der Waals surface area contributed by atoms with Crippen LogP contribution in [0.25, 0.3) is 0 Å². The number of halogens is 1. The number of rotatable bonds is 5. The van der Waals surface area contributed by atoms with Crippen LogP contribution in [0.15, 0.2) is 28.7 Å². The summed E-state index contributed by atoms with van der Waals surface area (Å²) in [5, 5.41) is 9.21. The maximum atomic E-state index is 12.3. The smallest absolute Gasteiger partial charge is 0.326 e. The molecule has 6 heteroatoms. The third-order valence-corrected chi connectivity index (χ3v) is 4.27. The van der Waals surface area contributed by atoms with Crippen LogP contribution in [0.4, 0.5) is 0 Å². The Morgan fingerprint density at radius 3 is 2.62 bits per heavy atom. The summed E-state index contributed by atoms with van der Waals surface area (Å²) in [4.78, 5) is 24.9. The van der Waals surface area contributed by atoms with E-state index in [-0.39, 0.29) is 12.0 Å². The van der Waals surface area contributed by atoms with E-state index in [1.807, 2.05) is 24.3 Å². The van der Waals surface area contributed by atoms with Gasteiger partial charge < -0.3 is 14.7 Å². The number of benzene rings is 1. The molecule has 5 nitrogen and oxygen atoms in total. The van der Waals surface area contributed by atoms with E-state index in [0.29, 0.717) is 25.8 Å². The molecule has 0 bridgehead atoms. The molecule has 0 radical (unpaired) electrons. The fourth-order valence-corrected chi connectivity index (χ4v) is 2.79. The summed E-state index contributed by atoms with van der Waals surface area (Å²) in [5.41, 5.74) is 1.06. The first kappa shape index (κ1) is 16.0. The zero-order valence-electron chi connectivity index (χ0n) is 11.8. The number of amides is 1. The van der Waals surface area contributed by atoms with Crippen LogP contribution >= 0.6 is 15.9 Å². The molecular weight excluding hydrogens is 338 g/mol. The van der Waals surface area contributed by atoms with Crippen molar-refractivity contribution in [1.82, 2.24) is 4.90 Å². The molecule has 21 heavy (non-hydrogen) atoms. The number of aliphatic carboxylic acids is 1. The third-order valence-electron chi connectivity index (χ3n) is 3.74. The van der Waals surface area contributed by atoms with Gasteiger partial charge in [0.1, 0.15) is 6.04 Å². The van der Waals surface area contributed by atoms with E-state index in [4.69, 9.17) is 4.74 Å². The lowest BCUT2D eigenvalue weighted by atomic mass is 10.1. The Kier molecular flexibility index (Phi) is 5.36. The van der Waals surface area contributed by atoms with Crippen molar-refractivity contribution in [2.24, 2.45) is 0 Å². The minimum Gasteiger partial charge on any atom is -0.480 e. The summed E-state index contributed by atoms with van der Waals surface area (Å²) in [6, 6.07) is 6.99. The fourth-order valence-electron chi connectivity index (χ4n) is 2.52. The zero-order chi connectivity index (χ0) is 15.4. The van der Waals surface area contributed by atoms with Crippen molar-refractivity contribution in [1.29, 1.82) is 0 Å². The maximum Gasteiger partial charge on any atom is 0.326 e. The number of aryl methyl sites for hydroxylation is 1. The fraction of sp³-hybridized carbons (Fsp3) is 0.467. The average molecular weight is 356 g/mol. The number of carboxylic acid groups (broad SMARTS) is 1. The summed E-state index contributed by atoms with van der Waals surface area (Å²) < 4.78 is 6.18. The number of methoxy groups -OCH3 is 1. The predicted octanol–water partition coefficient (Wildman–Crippen LogP) is 2.08. The molecule has 1 aliphatic heterocycles. The van der Waals surface area contributed by atoms with Crippen LogP contribution < -0.4 is 0 Å². The maximum absolute atomic E-state index is 12.3. The van der Waals surface area contributed by atoms with Crippen LogP contribution in [-0.4, -0.2) is 47.7 Å². The molecule has 0 saturated carbocycles. The topological polar surface area (TPSA) is 66.8 Å². The monoisotopic (exact) mass is 355 g/mol. The van der Waals surface area contributed by atoms with Gasteiger partial charge in [0, 0.05) is 31.0 Å². The number of ether oxygens (including phenoxy) is 1. The van der Waals surface area contributed by atoms with Gasteiger partial charge in [-0.1, -0.05) is 28.1 Å². The second-order valence-electron chi connectivity index (χ2n) is 5.12. The zero-order valence-corrected chi connectivity index (χ0v) is 13.4. The number of hydrogen-bond donors (Lipinski definition) is 1. The molecular formula is C15H18BrNO4. The van der Waals surface area contributed by atoms with Crippen LogP contribution in [0.3, 0.4) is 0 Å². The molecule has 1 fully saturated rings. The Morgan fingerprint density at radius 1 is 1.38 bits per heavy atom. The molecule has 2 unspecified atom stereocenters. The first-order valence-corrected chi connectivity index (χ1v) is 7.60. The van der Waals surface area contributed by atoms with E-state index in [0.717, 1.165) is 10.0 Å². The Morgan fingerprint density at radius 2 is 2.05 bits per heavy atom. The molecule has 0 aromatic heterocycles. The van der Waals surface area contributed by atoms with E-state index < -0.39 is 12.0 Å². The molecule has 0 spiro atoms. The largest absolute Gasteiger partial charge is 0.480 e. The minimum absolute atomic E-state index is 0.134. The summed E-state index contributed by atoms with van der Waals surface area (Å²) in [5.74, 6) is -1.10. The second-order valence-corrected chi connectivity index (χ2v) is 6.04. The van der Waals surface area contributed by atoms with Gasteiger partial charge in [-0.3, -0.25) is 4.79 Å². The summed E-state index contributed by atoms with van der Waals surface area (Å²) in [6.07, 6.45) is 1.08. The predicted molar refractivity (Wildman–Crippen MR) is 81.0 cm³/mol. The van der Waals surface area contributed by atoms with Crippen LogP contribution in [-0.2, 0) is 20.7 Å². The lowest BCUT2D eigenvalue weighted by Gasteiger charge is -2.21. The average Bonchev–Trinajstić information content (AvgIpc) is 2.91. The molecule has 1 N–H and O–H groups in total. The summed E-state index contributed by atoms with van der Waals surface area (Å²) in [7, 11) is 1.54. The van der Waals surface area contributed by atoms with Crippen molar-refractivity contribution in [3.05, 3.63) is 34.3 Å². The van der Waals surface area contributed by atoms with Crippen molar-refractivity contribution in [2.45, 2.75) is 31.4 Å². The van der Waals surface area contributed by atoms with Gasteiger partial charge in [0.25, 0.3) is 0 Å². The molecule has 114 valence electrons. The SMILES string of the molecule is COC1CC(C(=O)O)N(C(=O)CCc2ccc(Br)cc2)C1. The Labute approximate surface area is 132 Å². The van der Waals surface area contributed by atoms with Crippen LogP contribution in [0, 0.1) is 0 Å². The number of nitrogens with zero attached hydrogens (tertiary/aromatic N) is 1. The van der Waals surface area contributed by atoms with Crippen molar-refractivity contribution < 1.29 is 19.4 Å². The molecule has 2 atom stereocenters. The number of likely N-dealkylation sites (tertiary alicyclic amines) is 1. The van der Waals surface area contributed by atoms with E-state index in [2.05, 4.69) is 15.9 Å². The van der Waals surface area contributed by atoms with Crippen molar-refractivity contribution in [2.75, 3.05) is 13.7 Å². The van der Waals surface area contributed by atoms with Crippen LogP contribution in [0.2, 0.25) is 0 Å². The van der Waals surface area contributed by atoms with E-state index in [1.54, 1.807) is 7.11 Å². The first-order chi connectivity index (χ1) is 10.0. The first-order valence-electron chi connectivity index (χ1n) is 6.80. The van der Waals surface area contributed by atoms with Gasteiger partial charge >= 0.3 is 5.97 Å². The third kappa shape index (κ3) is 4.04. The molecule has 1 aromatic carbocycles. The normalized spacial score (nSPS) is 21.5. The molecule has 1 saturated heterocycles. The van der Waals surface area contributed by atoms with Gasteiger partial charge in [0.05, 0.1) is 6.10 Å². The van der Waals surface area contributed by atoms with Crippen molar-refractivity contribution >= 4 is 27.8 Å². The van der Waals surface area contributed by atoms with Crippen molar-refractivity contribution in [3.8, 4) is 0 Å². The molecule has 1 heterocycles. The van der Waals surface area contributed by atoms with E-state index in [9.17, 15) is 14.7 Å². The van der Waals surface area contributed by atoms with Gasteiger partial charge in [0.2, 0.25) is 5.91 Å². The van der Waals surface area contributed by atoms with Crippen molar-refractivity contribution in [3.63, 3.8) is 0 Å². The summed E-state index contributed by atoms with van der Waals surface area (Å²) in [6.45, 7) is 0.354. The second kappa shape index (κ2) is 7.04. The minimum atomic E-state index is -0.966. The van der Waals surface area contributed by atoms with Crippen LogP contribution in [0.1, 0.15) is 18.4 Å². The standard InChI is InChI=1S/C15H18BrNO4/c1-21-12-8-13(15(19)20)17(9-12)14(18)7-4-10-2-5-11(16)6-3-10/h2-3,5-6,12-13H,4,7-9H2,1H3,(H,19,20). The molecule has 1 amide bonds. The number of hydrogen-bond acceptors (Lipinski definition) is 3. The van der Waals surface area contributed by atoms with Crippen LogP contribution in [0.5, 0.6) is 0 Å². The number of carbonyl (C=O) groups excluding carboxylic acids is 1. The molecule has 1 aliphatic rings. The van der Waals surface area contributed by atoms with Gasteiger partial charge in [-0.2, -0.15) is 0 Å². The summed E-state index contributed by atoms with van der Waals surface area (Å²) >= 11 is 3.36. The quantitative estimate of drug-likeness (QED) is 0.877. The van der Waals surface area contributed by atoms with Gasteiger partial charge in [-0.05, 0) is 24.1 Å². The molecule has 1 aromatic rings. The molecule has 2 rings (SSSR count). The highest BCUT2D eigenvalue weighted by Gasteiger charge is 2.39. The number of carbonyl (C=O) groups is 2. The van der Waals surface area contributed by atoms with Gasteiger partial charge in [0.15, 0.2) is 0 Å². The van der Waals surface area contributed by atoms with E-state index >= 15 is 0 Å². The van der Waals surface area contributed by atoms with Gasteiger partial charge in [-0.25, -0.2) is 4.79 Å². The Hall–Kier alpha value is -1.40. The highest BCUT2D eigenvalue weighted by molar-refractivity contribution is 9.10. The Balaban J connectivity index is 1.95. The lowest BCUT2D eigenvalue weighted by Crippen LogP contribution is -2.40. The lowest BCUT2D eigenvalue weighted by molar-refractivity contribution is -0.148. The highest BCUT2D eigenvalue weighted by atomic mass is 79.9. The van der Waals surface area contributed by atoms with E-state index in [1.165, 1.54) is 4.90 Å². The Bertz CT molecular complexity index is 517. The van der Waals surface area contributed by atoms with Gasteiger partial charge in [-0.15, -0.1) is 0 Å².